The van der Waals surface area contributed by atoms with Gasteiger partial charge in [-0.1, -0.05) is 40.5 Å². The number of hydrogen-bond donors (Lipinski definition) is 2. The van der Waals surface area contributed by atoms with E-state index in [0.717, 1.165) is 22.1 Å². The topological polar surface area (TPSA) is 32.3 Å². The van der Waals surface area contributed by atoms with Crippen LogP contribution >= 0.6 is 27.5 Å². The monoisotopic (exact) mass is 365 g/mol. The molecule has 4 heteroatoms. The molecule has 2 unspecified atom stereocenters. The molecule has 0 spiro atoms. The van der Waals surface area contributed by atoms with Crippen LogP contribution < -0.4 is 5.32 Å². The summed E-state index contributed by atoms with van der Waals surface area (Å²) in [6.07, 6.45) is 0.955. The van der Waals surface area contributed by atoms with Crippen molar-refractivity contribution in [1.29, 1.82) is 0 Å². The van der Waals surface area contributed by atoms with Gasteiger partial charge in [-0.2, -0.15) is 0 Å². The van der Waals surface area contributed by atoms with E-state index in [0.29, 0.717) is 16.7 Å². The van der Waals surface area contributed by atoms with Gasteiger partial charge in [0.15, 0.2) is 0 Å². The van der Waals surface area contributed by atoms with Crippen molar-refractivity contribution in [2.75, 3.05) is 5.32 Å². The second-order valence-corrected chi connectivity index (χ2v) is 7.01. The number of nitrogens with one attached hydrogen (secondary N) is 1. The lowest BCUT2D eigenvalue weighted by Gasteiger charge is -2.18. The lowest BCUT2D eigenvalue weighted by molar-refractivity contribution is 0.465. The molecule has 0 saturated heterocycles. The van der Waals surface area contributed by atoms with Crippen molar-refractivity contribution in [3.8, 4) is 5.75 Å². The predicted octanol–water partition coefficient (Wildman–Crippen LogP) is 5.78. The van der Waals surface area contributed by atoms with E-state index in [9.17, 15) is 5.11 Å². The third-order valence-electron chi connectivity index (χ3n) is 4.17. The minimum absolute atomic E-state index is 0.0849. The summed E-state index contributed by atoms with van der Waals surface area (Å²) in [5.74, 6) is 0.791. The highest BCUT2D eigenvalue weighted by Gasteiger charge is 2.32. The molecule has 0 radical (unpaired) electrons. The van der Waals surface area contributed by atoms with Crippen LogP contribution in [0.3, 0.4) is 0 Å². The van der Waals surface area contributed by atoms with E-state index in [2.05, 4.69) is 35.1 Å². The number of benzene rings is 2. The van der Waals surface area contributed by atoms with E-state index < -0.39 is 0 Å². The number of phenols is 1. The first kappa shape index (κ1) is 14.7. The number of aryl methyl sites for hydroxylation is 1. The molecule has 0 saturated carbocycles. The molecule has 0 heterocycles. The fourth-order valence-corrected chi connectivity index (χ4v) is 3.80. The van der Waals surface area contributed by atoms with Crippen molar-refractivity contribution in [2.45, 2.75) is 32.2 Å². The van der Waals surface area contributed by atoms with Crippen LogP contribution in [0.2, 0.25) is 5.02 Å². The van der Waals surface area contributed by atoms with Crippen LogP contribution in [0, 0.1) is 6.92 Å². The van der Waals surface area contributed by atoms with E-state index in [4.69, 9.17) is 11.6 Å². The van der Waals surface area contributed by atoms with Gasteiger partial charge in [-0.25, -0.2) is 0 Å². The molecule has 110 valence electrons. The standard InChI is InChI=1S/C17H17BrClNO/c1-9-3-6-15(21)17-14(7-10(2)16(9)17)20-13-8-11(18)4-5-12(13)19/h3-6,8,10,14,20-21H,7H2,1-2H3. The molecule has 2 atom stereocenters. The quantitative estimate of drug-likeness (QED) is 0.706. The van der Waals surface area contributed by atoms with Gasteiger partial charge in [-0.15, -0.1) is 0 Å². The molecule has 2 aromatic carbocycles. The number of aromatic hydroxyl groups is 1. The third-order valence-corrected chi connectivity index (χ3v) is 4.99. The molecule has 0 aromatic heterocycles. The van der Waals surface area contributed by atoms with Crippen molar-refractivity contribution < 1.29 is 5.11 Å². The van der Waals surface area contributed by atoms with E-state index in [1.807, 2.05) is 24.3 Å². The average Bonchev–Trinajstić information content (AvgIpc) is 2.76. The largest absolute Gasteiger partial charge is 0.508 e. The summed E-state index contributed by atoms with van der Waals surface area (Å²) in [7, 11) is 0. The van der Waals surface area contributed by atoms with Gasteiger partial charge in [0.25, 0.3) is 0 Å². The molecule has 1 aliphatic rings. The number of rotatable bonds is 2. The summed E-state index contributed by atoms with van der Waals surface area (Å²) in [4.78, 5) is 0. The van der Waals surface area contributed by atoms with E-state index in [-0.39, 0.29) is 6.04 Å². The van der Waals surface area contributed by atoms with Crippen molar-refractivity contribution in [2.24, 2.45) is 0 Å². The first-order valence-corrected chi connectivity index (χ1v) is 8.18. The van der Waals surface area contributed by atoms with E-state index in [1.54, 1.807) is 6.07 Å². The fourth-order valence-electron chi connectivity index (χ4n) is 3.27. The first-order chi connectivity index (χ1) is 9.97. The molecule has 1 aliphatic carbocycles. The Morgan fingerprint density at radius 1 is 1.24 bits per heavy atom. The maximum Gasteiger partial charge on any atom is 0.121 e. The predicted molar refractivity (Wildman–Crippen MR) is 91.4 cm³/mol. The summed E-state index contributed by atoms with van der Waals surface area (Å²) in [6.45, 7) is 4.30. The van der Waals surface area contributed by atoms with Gasteiger partial charge >= 0.3 is 0 Å². The number of fused-ring (bicyclic) bond motifs is 1. The summed E-state index contributed by atoms with van der Waals surface area (Å²) in [5, 5.41) is 14.4. The van der Waals surface area contributed by atoms with E-state index >= 15 is 0 Å². The Hall–Kier alpha value is -1.19. The molecule has 2 aromatic rings. The van der Waals surface area contributed by atoms with Gasteiger partial charge in [0, 0.05) is 10.0 Å². The Bertz CT molecular complexity index is 701. The Morgan fingerprint density at radius 2 is 2.00 bits per heavy atom. The lowest BCUT2D eigenvalue weighted by Crippen LogP contribution is -2.08. The van der Waals surface area contributed by atoms with Gasteiger partial charge in [0.05, 0.1) is 16.8 Å². The zero-order chi connectivity index (χ0) is 15.1. The second kappa shape index (κ2) is 5.54. The number of halogens is 2. The summed E-state index contributed by atoms with van der Waals surface area (Å²) in [6, 6.07) is 9.60. The van der Waals surface area contributed by atoms with Crippen LogP contribution in [0.25, 0.3) is 0 Å². The lowest BCUT2D eigenvalue weighted by atomic mass is 9.97. The van der Waals surface area contributed by atoms with Gasteiger partial charge in [0.2, 0.25) is 0 Å². The summed E-state index contributed by atoms with van der Waals surface area (Å²) < 4.78 is 0.981. The molecular weight excluding hydrogens is 350 g/mol. The SMILES string of the molecule is Cc1ccc(O)c2c1C(C)CC2Nc1cc(Br)ccc1Cl. The van der Waals surface area contributed by atoms with Crippen LogP contribution in [0.15, 0.2) is 34.8 Å². The molecule has 0 amide bonds. The van der Waals surface area contributed by atoms with Crippen molar-refractivity contribution in [1.82, 2.24) is 0 Å². The van der Waals surface area contributed by atoms with Crippen molar-refractivity contribution in [3.63, 3.8) is 0 Å². The highest BCUT2D eigenvalue weighted by molar-refractivity contribution is 9.10. The fraction of sp³-hybridized carbons (Fsp3) is 0.294. The second-order valence-electron chi connectivity index (χ2n) is 5.69. The van der Waals surface area contributed by atoms with Gasteiger partial charge in [-0.05, 0) is 54.7 Å². The van der Waals surface area contributed by atoms with Crippen LogP contribution in [0.4, 0.5) is 5.69 Å². The Labute approximate surface area is 138 Å². The molecule has 0 bridgehead atoms. The number of hydrogen-bond acceptors (Lipinski definition) is 2. The van der Waals surface area contributed by atoms with Crippen LogP contribution in [-0.2, 0) is 0 Å². The van der Waals surface area contributed by atoms with Crippen LogP contribution in [0.5, 0.6) is 5.75 Å². The summed E-state index contributed by atoms with van der Waals surface area (Å²) in [5.41, 5.74) is 4.40. The maximum atomic E-state index is 10.3. The van der Waals surface area contributed by atoms with E-state index in [1.165, 1.54) is 11.1 Å². The highest BCUT2D eigenvalue weighted by Crippen LogP contribution is 2.47. The molecule has 0 fully saturated rings. The molecule has 2 N–H and O–H groups in total. The van der Waals surface area contributed by atoms with Gasteiger partial charge in [0.1, 0.15) is 5.75 Å². The Balaban J connectivity index is 2.00. The average molecular weight is 367 g/mol. The smallest absolute Gasteiger partial charge is 0.121 e. The normalized spacial score (nSPS) is 20.4. The maximum absolute atomic E-state index is 10.3. The highest BCUT2D eigenvalue weighted by atomic mass is 79.9. The third kappa shape index (κ3) is 2.65. The Kier molecular flexibility index (Phi) is 3.89. The molecule has 21 heavy (non-hydrogen) atoms. The number of phenolic OH excluding ortho intramolecular Hbond substituents is 1. The zero-order valence-corrected chi connectivity index (χ0v) is 14.3. The molecule has 3 rings (SSSR count). The first-order valence-electron chi connectivity index (χ1n) is 7.01. The van der Waals surface area contributed by atoms with Gasteiger partial charge in [-0.3, -0.25) is 0 Å². The minimum Gasteiger partial charge on any atom is -0.508 e. The van der Waals surface area contributed by atoms with Crippen molar-refractivity contribution >= 4 is 33.2 Å². The summed E-state index contributed by atoms with van der Waals surface area (Å²) >= 11 is 9.73. The van der Waals surface area contributed by atoms with Crippen molar-refractivity contribution in [3.05, 3.63) is 56.5 Å². The zero-order valence-electron chi connectivity index (χ0n) is 12.0. The van der Waals surface area contributed by atoms with Crippen LogP contribution in [0.1, 0.15) is 42.0 Å². The molecule has 0 aliphatic heterocycles. The minimum atomic E-state index is 0.0849. The number of anilines is 1. The van der Waals surface area contributed by atoms with Gasteiger partial charge < -0.3 is 10.4 Å². The van der Waals surface area contributed by atoms with Crippen LogP contribution in [-0.4, -0.2) is 5.11 Å². The molecular formula is C17H17BrClNO. The molecule has 2 nitrogen and oxygen atoms in total. The Morgan fingerprint density at radius 3 is 2.76 bits per heavy atom.